The van der Waals surface area contributed by atoms with E-state index in [2.05, 4.69) is 52.2 Å². The van der Waals surface area contributed by atoms with E-state index in [1.807, 2.05) is 6.07 Å². The summed E-state index contributed by atoms with van der Waals surface area (Å²) in [5, 5.41) is 17.4. The molecule has 3 heterocycles. The van der Waals surface area contributed by atoms with Crippen LogP contribution in [-0.4, -0.2) is 56.8 Å². The van der Waals surface area contributed by atoms with Crippen molar-refractivity contribution in [2.45, 2.75) is 57.8 Å². The Bertz CT molecular complexity index is 1300. The Morgan fingerprint density at radius 1 is 1.25 bits per heavy atom. The summed E-state index contributed by atoms with van der Waals surface area (Å²) in [5.74, 6) is 7.27. The third-order valence-corrected chi connectivity index (χ3v) is 6.24. The van der Waals surface area contributed by atoms with Crippen LogP contribution in [0.3, 0.4) is 0 Å². The van der Waals surface area contributed by atoms with Crippen LogP contribution in [0.15, 0.2) is 40.8 Å². The van der Waals surface area contributed by atoms with E-state index in [4.69, 9.17) is 9.15 Å². The van der Waals surface area contributed by atoms with E-state index >= 15 is 0 Å². The highest BCUT2D eigenvalue weighted by molar-refractivity contribution is 5.91. The lowest BCUT2D eigenvalue weighted by atomic mass is 10.1. The highest BCUT2D eigenvalue weighted by Gasteiger charge is 2.26. The fourth-order valence-corrected chi connectivity index (χ4v) is 4.32. The lowest BCUT2D eigenvalue weighted by molar-refractivity contribution is 0.0700. The number of hydrogen-bond acceptors (Lipinski definition) is 6. The number of carbonyl (C=O) groups is 1. The van der Waals surface area contributed by atoms with Gasteiger partial charge < -0.3 is 19.2 Å². The summed E-state index contributed by atoms with van der Waals surface area (Å²) in [5.41, 5.74) is 3.29. The van der Waals surface area contributed by atoms with Crippen molar-refractivity contribution >= 4 is 5.91 Å². The SMILES string of the molecule is CN(Cc1ccc2c(c1)CN(C(=O)c1ccc(C#CC(C)(C)O)o1)CCO2)Cc1cc(C2CC2)n[nH]1. The smallest absolute Gasteiger partial charge is 0.290 e. The molecule has 8 nitrogen and oxygen atoms in total. The maximum Gasteiger partial charge on any atom is 0.290 e. The van der Waals surface area contributed by atoms with Gasteiger partial charge in [0.15, 0.2) is 11.5 Å². The second-order valence-corrected chi connectivity index (χ2v) is 10.3. The molecule has 1 aliphatic carbocycles. The normalized spacial score (nSPS) is 15.6. The van der Waals surface area contributed by atoms with Gasteiger partial charge >= 0.3 is 0 Å². The van der Waals surface area contributed by atoms with Gasteiger partial charge in [0.1, 0.15) is 18.0 Å². The molecule has 1 saturated carbocycles. The number of ether oxygens (including phenoxy) is 1. The number of benzene rings is 1. The topological polar surface area (TPSA) is 94.8 Å². The van der Waals surface area contributed by atoms with E-state index in [0.717, 1.165) is 35.7 Å². The molecule has 1 fully saturated rings. The summed E-state index contributed by atoms with van der Waals surface area (Å²) in [6.07, 6.45) is 2.49. The van der Waals surface area contributed by atoms with Crippen LogP contribution in [0.1, 0.15) is 71.4 Å². The third-order valence-electron chi connectivity index (χ3n) is 6.24. The van der Waals surface area contributed by atoms with Crippen LogP contribution in [0.5, 0.6) is 5.75 Å². The zero-order valence-electron chi connectivity index (χ0n) is 21.0. The van der Waals surface area contributed by atoms with Gasteiger partial charge in [-0.15, -0.1) is 0 Å². The van der Waals surface area contributed by atoms with Crippen molar-refractivity contribution in [3.05, 3.63) is 70.4 Å². The average Bonchev–Trinajstić information content (AvgIpc) is 3.45. The second kappa shape index (κ2) is 9.84. The molecule has 3 aromatic rings. The first kappa shape index (κ1) is 24.2. The van der Waals surface area contributed by atoms with Gasteiger partial charge in [-0.1, -0.05) is 12.0 Å². The van der Waals surface area contributed by atoms with E-state index < -0.39 is 5.60 Å². The minimum absolute atomic E-state index is 0.212. The Labute approximate surface area is 211 Å². The van der Waals surface area contributed by atoms with E-state index in [9.17, 15) is 9.90 Å². The van der Waals surface area contributed by atoms with Gasteiger partial charge in [0.25, 0.3) is 5.91 Å². The number of nitrogens with one attached hydrogen (secondary N) is 1. The van der Waals surface area contributed by atoms with Crippen molar-refractivity contribution in [3.63, 3.8) is 0 Å². The average molecular weight is 489 g/mol. The Kier molecular flexibility index (Phi) is 6.61. The molecule has 1 amide bonds. The van der Waals surface area contributed by atoms with Gasteiger partial charge in [0.2, 0.25) is 0 Å². The second-order valence-electron chi connectivity index (χ2n) is 10.3. The molecule has 2 N–H and O–H groups in total. The molecule has 0 spiro atoms. The summed E-state index contributed by atoms with van der Waals surface area (Å²) < 4.78 is 11.6. The maximum atomic E-state index is 13.2. The van der Waals surface area contributed by atoms with Gasteiger partial charge in [-0.3, -0.25) is 14.8 Å². The molecule has 8 heteroatoms. The Balaban J connectivity index is 1.24. The molecule has 0 saturated heterocycles. The van der Waals surface area contributed by atoms with Crippen molar-refractivity contribution < 1.29 is 19.1 Å². The van der Waals surface area contributed by atoms with Crippen molar-refractivity contribution in [2.24, 2.45) is 0 Å². The molecule has 36 heavy (non-hydrogen) atoms. The Morgan fingerprint density at radius 3 is 2.86 bits per heavy atom. The maximum absolute atomic E-state index is 13.2. The fourth-order valence-electron chi connectivity index (χ4n) is 4.32. The summed E-state index contributed by atoms with van der Waals surface area (Å²) in [6.45, 7) is 6.04. The third kappa shape index (κ3) is 5.99. The molecule has 0 radical (unpaired) electrons. The summed E-state index contributed by atoms with van der Waals surface area (Å²) >= 11 is 0. The van der Waals surface area contributed by atoms with E-state index in [-0.39, 0.29) is 11.7 Å². The van der Waals surface area contributed by atoms with Crippen LogP contribution < -0.4 is 4.74 Å². The fraction of sp³-hybridized carbons (Fsp3) is 0.429. The number of aromatic nitrogens is 2. The highest BCUT2D eigenvalue weighted by Crippen LogP contribution is 2.39. The number of hydrogen-bond donors (Lipinski definition) is 2. The van der Waals surface area contributed by atoms with Gasteiger partial charge in [0.05, 0.1) is 12.2 Å². The molecule has 0 unspecified atom stereocenters. The van der Waals surface area contributed by atoms with Crippen LogP contribution in [0.4, 0.5) is 0 Å². The molecule has 2 aliphatic rings. The first-order chi connectivity index (χ1) is 17.2. The number of aromatic amines is 1. The van der Waals surface area contributed by atoms with Gasteiger partial charge in [0, 0.05) is 36.8 Å². The Hall–Kier alpha value is -3.54. The van der Waals surface area contributed by atoms with E-state index in [1.54, 1.807) is 30.9 Å². The number of nitrogens with zero attached hydrogens (tertiary/aromatic N) is 3. The monoisotopic (exact) mass is 488 g/mol. The van der Waals surface area contributed by atoms with Gasteiger partial charge in [-0.05, 0) is 75.6 Å². The van der Waals surface area contributed by atoms with Crippen LogP contribution in [0, 0.1) is 11.8 Å². The van der Waals surface area contributed by atoms with E-state index in [0.29, 0.717) is 31.4 Å². The number of aliphatic hydroxyl groups is 1. The predicted octanol–water partition coefficient (Wildman–Crippen LogP) is 3.67. The first-order valence-electron chi connectivity index (χ1n) is 12.4. The molecule has 5 rings (SSSR count). The summed E-state index contributed by atoms with van der Waals surface area (Å²) in [4.78, 5) is 17.1. The number of furan rings is 1. The van der Waals surface area contributed by atoms with Gasteiger partial charge in [-0.2, -0.15) is 5.10 Å². The lowest BCUT2D eigenvalue weighted by Gasteiger charge is -2.19. The number of fused-ring (bicyclic) bond motifs is 1. The molecule has 188 valence electrons. The standard InChI is InChI=1S/C28H32N4O4/c1-28(2,34)11-10-23-7-9-26(36-23)27(33)32-12-13-35-25-8-4-19(14-21(25)17-32)16-31(3)18-22-15-24(30-29-22)20-5-6-20/h4,7-9,14-15,20,34H,5-6,12-13,16-18H2,1-3H3,(H,29,30). The van der Waals surface area contributed by atoms with Crippen LogP contribution in [0.2, 0.25) is 0 Å². The molecule has 2 aromatic heterocycles. The quantitative estimate of drug-likeness (QED) is 0.514. The van der Waals surface area contributed by atoms with Crippen LogP contribution in [0.25, 0.3) is 0 Å². The molecule has 0 atom stereocenters. The van der Waals surface area contributed by atoms with Crippen LogP contribution in [-0.2, 0) is 19.6 Å². The molecule has 1 aromatic carbocycles. The first-order valence-corrected chi connectivity index (χ1v) is 12.4. The molecular formula is C28H32N4O4. The van der Waals surface area contributed by atoms with Crippen molar-refractivity contribution in [1.29, 1.82) is 0 Å². The minimum atomic E-state index is -1.13. The largest absolute Gasteiger partial charge is 0.491 e. The summed E-state index contributed by atoms with van der Waals surface area (Å²) in [6, 6.07) is 11.6. The van der Waals surface area contributed by atoms with Crippen molar-refractivity contribution in [2.75, 3.05) is 20.2 Å². The zero-order chi connectivity index (χ0) is 25.3. The summed E-state index contributed by atoms with van der Waals surface area (Å²) in [7, 11) is 2.09. The lowest BCUT2D eigenvalue weighted by Crippen LogP contribution is -2.32. The number of amides is 1. The minimum Gasteiger partial charge on any atom is -0.491 e. The molecular weight excluding hydrogens is 456 g/mol. The molecule has 1 aliphatic heterocycles. The Morgan fingerprint density at radius 2 is 2.08 bits per heavy atom. The van der Waals surface area contributed by atoms with Crippen molar-refractivity contribution in [3.8, 4) is 17.6 Å². The zero-order valence-corrected chi connectivity index (χ0v) is 21.0. The molecule has 0 bridgehead atoms. The number of carbonyl (C=O) groups excluding carboxylic acids is 1. The van der Waals surface area contributed by atoms with Crippen molar-refractivity contribution in [1.82, 2.24) is 20.0 Å². The number of H-pyrrole nitrogens is 1. The predicted molar refractivity (Wildman–Crippen MR) is 134 cm³/mol. The van der Waals surface area contributed by atoms with Gasteiger partial charge in [-0.25, -0.2) is 0 Å². The highest BCUT2D eigenvalue weighted by atomic mass is 16.5. The van der Waals surface area contributed by atoms with E-state index in [1.165, 1.54) is 18.5 Å². The number of rotatable bonds is 6. The van der Waals surface area contributed by atoms with Crippen LogP contribution >= 0.6 is 0 Å².